The van der Waals surface area contributed by atoms with Crippen LogP contribution >= 0.6 is 11.6 Å². The van der Waals surface area contributed by atoms with Gasteiger partial charge in [-0.1, -0.05) is 55.8 Å². The lowest BCUT2D eigenvalue weighted by Crippen LogP contribution is -2.55. The topological polar surface area (TPSA) is 104 Å². The van der Waals surface area contributed by atoms with Crippen LogP contribution in [0.4, 0.5) is 11.6 Å². The number of likely N-dealkylation sites (tertiary alicyclic amines) is 1. The van der Waals surface area contributed by atoms with Crippen molar-refractivity contribution < 1.29 is 14.0 Å². The van der Waals surface area contributed by atoms with Gasteiger partial charge in [0.2, 0.25) is 0 Å². The molecule has 0 amide bonds. The first-order valence-electron chi connectivity index (χ1n) is 14.5. The van der Waals surface area contributed by atoms with Gasteiger partial charge in [0.1, 0.15) is 11.4 Å². The van der Waals surface area contributed by atoms with E-state index in [9.17, 15) is 4.79 Å². The largest absolute Gasteiger partial charge is 0.497 e. The molecule has 208 valence electrons. The van der Waals surface area contributed by atoms with Gasteiger partial charge in [-0.2, -0.15) is 0 Å². The predicted octanol–water partition coefficient (Wildman–Crippen LogP) is 6.10. The molecule has 0 spiro atoms. The lowest BCUT2D eigenvalue weighted by Gasteiger charge is -2.45. The number of methoxy groups -OCH3 is 1. The maximum Gasteiger partial charge on any atom is 0.185 e. The number of Topliss-reactive ketones (excluding diaryl/α,β-unsaturated/α-hetero) is 1. The summed E-state index contributed by atoms with van der Waals surface area (Å²) in [5.74, 6) is 2.16. The number of benzene rings is 1. The van der Waals surface area contributed by atoms with Crippen molar-refractivity contribution in [3.8, 4) is 5.75 Å². The maximum atomic E-state index is 13.2. The first-order chi connectivity index (χ1) is 18.4. The van der Waals surface area contributed by atoms with Crippen LogP contribution in [0.25, 0.3) is 0 Å². The average molecular weight is 543 g/mol. The van der Waals surface area contributed by atoms with Crippen molar-refractivity contribution in [2.75, 3.05) is 44.8 Å². The van der Waals surface area contributed by atoms with Crippen LogP contribution in [0, 0.1) is 11.8 Å². The fourth-order valence-electron chi connectivity index (χ4n) is 6.74. The van der Waals surface area contributed by atoms with Crippen LogP contribution in [-0.2, 0) is 6.42 Å². The molecule has 4 rings (SSSR count). The highest BCUT2D eigenvalue weighted by Gasteiger charge is 2.36. The number of rotatable bonds is 12. The number of hydrogen-bond acceptors (Lipinski definition) is 6. The van der Waals surface area contributed by atoms with Crippen molar-refractivity contribution in [3.63, 3.8) is 0 Å². The minimum absolute atomic E-state index is 0.0394. The molecule has 1 aliphatic carbocycles. The summed E-state index contributed by atoms with van der Waals surface area (Å²) in [6.07, 6.45) is 14.5. The Morgan fingerprint density at radius 2 is 1.68 bits per heavy atom. The summed E-state index contributed by atoms with van der Waals surface area (Å²) in [6, 6.07) is 8.44. The Hall–Kier alpha value is -2.38. The van der Waals surface area contributed by atoms with Crippen molar-refractivity contribution in [1.29, 1.82) is 0 Å². The highest BCUT2D eigenvalue weighted by Crippen LogP contribution is 2.32. The van der Waals surface area contributed by atoms with Gasteiger partial charge in [-0.05, 0) is 55.7 Å². The van der Waals surface area contributed by atoms with Gasteiger partial charge in [-0.3, -0.25) is 4.79 Å². The summed E-state index contributed by atoms with van der Waals surface area (Å²) in [7, 11) is 1.70. The smallest absolute Gasteiger partial charge is 0.185 e. The number of carbonyl (C=O) groups excluding carboxylic acids is 1. The summed E-state index contributed by atoms with van der Waals surface area (Å²) in [5, 5.41) is 0.0394. The molecule has 0 radical (unpaired) electrons. The second-order valence-corrected chi connectivity index (χ2v) is 11.9. The average Bonchev–Trinajstić information content (AvgIpc) is 2.92. The van der Waals surface area contributed by atoms with Crippen LogP contribution in [0.3, 0.4) is 0 Å². The maximum absolute atomic E-state index is 13.2. The van der Waals surface area contributed by atoms with Crippen LogP contribution in [0.2, 0.25) is 5.15 Å². The van der Waals surface area contributed by atoms with Gasteiger partial charge in [0.05, 0.1) is 33.3 Å². The van der Waals surface area contributed by atoms with Crippen LogP contribution in [0.1, 0.15) is 86.7 Å². The number of ketones is 1. The minimum Gasteiger partial charge on any atom is -0.497 e. The Kier molecular flexibility index (Phi) is 10.3. The molecule has 2 aliphatic rings. The summed E-state index contributed by atoms with van der Waals surface area (Å²) >= 11 is 6.05. The number of halogens is 1. The van der Waals surface area contributed by atoms with Crippen molar-refractivity contribution in [3.05, 3.63) is 40.7 Å². The molecule has 7 nitrogen and oxygen atoms in total. The van der Waals surface area contributed by atoms with Gasteiger partial charge in [0.15, 0.2) is 22.6 Å². The van der Waals surface area contributed by atoms with E-state index in [1.165, 1.54) is 63.6 Å². The number of piperidine rings is 1. The highest BCUT2D eigenvalue weighted by molar-refractivity contribution is 6.31. The number of nitrogen functional groups attached to an aromatic ring is 2. The van der Waals surface area contributed by atoms with Crippen molar-refractivity contribution in [2.45, 2.75) is 77.0 Å². The zero-order valence-electron chi connectivity index (χ0n) is 23.0. The van der Waals surface area contributed by atoms with Gasteiger partial charge >= 0.3 is 0 Å². The molecule has 2 unspecified atom stereocenters. The standard InChI is InChI=1S/C30H44ClN5O2/c1-38-25-15-13-23(14-16-25)11-6-18-36(17-5-10-22-8-3-2-4-9-22)19-7-12-24(21-36)20-26(37)27-29(32)35-30(33)28(31)34-27/h13-16,22,24H,2-12,17-21H2,1H3,(H3-,32,33,35,37)/p+1. The second-order valence-electron chi connectivity index (χ2n) is 11.6. The Labute approximate surface area is 232 Å². The molecular weight excluding hydrogens is 498 g/mol. The quantitative estimate of drug-likeness (QED) is 0.248. The molecule has 1 saturated heterocycles. The zero-order valence-corrected chi connectivity index (χ0v) is 23.7. The monoisotopic (exact) mass is 542 g/mol. The van der Waals surface area contributed by atoms with Crippen molar-refractivity contribution in [2.24, 2.45) is 11.8 Å². The molecule has 0 bridgehead atoms. The number of ether oxygens (including phenoxy) is 1. The van der Waals surface area contributed by atoms with Crippen molar-refractivity contribution in [1.82, 2.24) is 9.97 Å². The molecule has 2 atom stereocenters. The third-order valence-electron chi connectivity index (χ3n) is 8.76. The third kappa shape index (κ3) is 7.82. The summed E-state index contributed by atoms with van der Waals surface area (Å²) in [4.78, 5) is 21.4. The third-order valence-corrected chi connectivity index (χ3v) is 9.04. The molecule has 38 heavy (non-hydrogen) atoms. The van der Waals surface area contributed by atoms with Gasteiger partial charge < -0.3 is 20.7 Å². The summed E-state index contributed by atoms with van der Waals surface area (Å²) in [5.41, 5.74) is 13.2. The molecule has 1 saturated carbocycles. The number of anilines is 2. The van der Waals surface area contributed by atoms with E-state index in [1.54, 1.807) is 7.11 Å². The van der Waals surface area contributed by atoms with E-state index in [2.05, 4.69) is 22.1 Å². The Balaban J connectivity index is 1.40. The predicted molar refractivity (Wildman–Crippen MR) is 154 cm³/mol. The Bertz CT molecular complexity index is 1060. The SMILES string of the molecule is COc1ccc(CCC[N+]2(CCCC3CCCCC3)CCCC(CC(=O)c3nc(Cl)c(N)nc3N)C2)cc1. The molecule has 2 aromatic rings. The summed E-state index contributed by atoms with van der Waals surface area (Å²) < 4.78 is 6.43. The first-order valence-corrected chi connectivity index (χ1v) is 14.8. The first kappa shape index (κ1) is 28.6. The van der Waals surface area contributed by atoms with E-state index in [4.69, 9.17) is 27.8 Å². The molecular formula is C30H45ClN5O2+. The molecule has 1 aromatic heterocycles. The van der Waals surface area contributed by atoms with E-state index < -0.39 is 0 Å². The fraction of sp³-hybridized carbons (Fsp3) is 0.633. The minimum atomic E-state index is -0.0812. The number of aryl methyl sites for hydroxylation is 1. The van der Waals surface area contributed by atoms with E-state index in [1.807, 2.05) is 12.1 Å². The lowest BCUT2D eigenvalue weighted by atomic mass is 9.85. The normalized spacial score (nSPS) is 22.3. The number of aromatic nitrogens is 2. The number of nitrogens with zero attached hydrogens (tertiary/aromatic N) is 3. The Morgan fingerprint density at radius 3 is 2.42 bits per heavy atom. The van der Waals surface area contributed by atoms with E-state index in [-0.39, 0.29) is 28.3 Å². The van der Waals surface area contributed by atoms with Crippen LogP contribution in [-0.4, -0.2) is 53.5 Å². The van der Waals surface area contributed by atoms with Crippen molar-refractivity contribution >= 4 is 29.0 Å². The molecule has 8 heteroatoms. The number of quaternary nitrogens is 1. The number of nitrogens with two attached hydrogens (primary N) is 2. The highest BCUT2D eigenvalue weighted by atomic mass is 35.5. The molecule has 1 aromatic carbocycles. The van der Waals surface area contributed by atoms with Gasteiger partial charge in [-0.15, -0.1) is 0 Å². The van der Waals surface area contributed by atoms with E-state index in [0.29, 0.717) is 12.3 Å². The van der Waals surface area contributed by atoms with Gasteiger partial charge in [-0.25, -0.2) is 9.97 Å². The van der Waals surface area contributed by atoms with E-state index in [0.717, 1.165) is 54.9 Å². The lowest BCUT2D eigenvalue weighted by molar-refractivity contribution is -0.936. The fourth-order valence-corrected chi connectivity index (χ4v) is 6.86. The van der Waals surface area contributed by atoms with Crippen LogP contribution in [0.5, 0.6) is 5.75 Å². The van der Waals surface area contributed by atoms with Gasteiger partial charge in [0, 0.05) is 18.8 Å². The number of hydrogen-bond donors (Lipinski definition) is 2. The van der Waals surface area contributed by atoms with E-state index >= 15 is 0 Å². The summed E-state index contributed by atoms with van der Waals surface area (Å²) in [6.45, 7) is 4.60. The second kappa shape index (κ2) is 13.6. The van der Waals surface area contributed by atoms with Crippen LogP contribution < -0.4 is 16.2 Å². The van der Waals surface area contributed by atoms with Gasteiger partial charge in [0.25, 0.3) is 0 Å². The number of carbonyl (C=O) groups is 1. The Morgan fingerprint density at radius 1 is 0.974 bits per heavy atom. The molecule has 2 fully saturated rings. The molecule has 1 aliphatic heterocycles. The van der Waals surface area contributed by atoms with Crippen LogP contribution in [0.15, 0.2) is 24.3 Å². The molecule has 2 heterocycles. The zero-order chi connectivity index (χ0) is 27.0. The molecule has 4 N–H and O–H groups in total.